The summed E-state index contributed by atoms with van der Waals surface area (Å²) < 4.78 is 0. The van der Waals surface area contributed by atoms with Gasteiger partial charge in [-0.3, -0.25) is 5.43 Å². The predicted molar refractivity (Wildman–Crippen MR) is 75.6 cm³/mol. The van der Waals surface area contributed by atoms with Crippen LogP contribution in [0.25, 0.3) is 0 Å². The van der Waals surface area contributed by atoms with Gasteiger partial charge >= 0.3 is 6.03 Å². The molecular formula is C14H17N5O. The standard InChI is InChI=1S/C14H17N5O/c20-14(16-10-12-4-2-1-3-5-12)19-13-11-15-6-8-18(13)9-7-17-19/h1-9,13,15,17H,10-11H2,(H,16,20). The molecule has 2 heterocycles. The minimum Gasteiger partial charge on any atom is -0.386 e. The molecular weight excluding hydrogens is 254 g/mol. The molecule has 0 spiro atoms. The number of nitrogens with one attached hydrogen (secondary N) is 3. The van der Waals surface area contributed by atoms with Gasteiger partial charge in [0.15, 0.2) is 0 Å². The Morgan fingerprint density at radius 2 is 2.05 bits per heavy atom. The van der Waals surface area contributed by atoms with E-state index in [2.05, 4.69) is 16.1 Å². The van der Waals surface area contributed by atoms with Crippen molar-refractivity contribution in [3.63, 3.8) is 0 Å². The lowest BCUT2D eigenvalue weighted by Gasteiger charge is -2.41. The Balaban J connectivity index is 1.62. The SMILES string of the molecule is O=C(NCc1ccccc1)N1NC=CN2C=CNCC21. The molecule has 104 valence electrons. The van der Waals surface area contributed by atoms with E-state index in [-0.39, 0.29) is 12.2 Å². The molecule has 1 aromatic carbocycles. The van der Waals surface area contributed by atoms with Crippen LogP contribution in [0.1, 0.15) is 5.56 Å². The number of fused-ring (bicyclic) bond motifs is 1. The highest BCUT2D eigenvalue weighted by Crippen LogP contribution is 2.12. The third-order valence-corrected chi connectivity index (χ3v) is 3.27. The number of hydrogen-bond acceptors (Lipinski definition) is 4. The van der Waals surface area contributed by atoms with E-state index in [9.17, 15) is 4.79 Å². The van der Waals surface area contributed by atoms with E-state index in [1.165, 1.54) is 0 Å². The lowest BCUT2D eigenvalue weighted by atomic mass is 10.2. The molecule has 1 unspecified atom stereocenters. The highest BCUT2D eigenvalue weighted by Gasteiger charge is 2.29. The van der Waals surface area contributed by atoms with Crippen LogP contribution in [0, 0.1) is 0 Å². The lowest BCUT2D eigenvalue weighted by Crippen LogP contribution is -2.62. The van der Waals surface area contributed by atoms with Crippen LogP contribution in [-0.2, 0) is 6.54 Å². The van der Waals surface area contributed by atoms with Crippen LogP contribution in [0.4, 0.5) is 4.79 Å². The maximum atomic E-state index is 12.3. The first-order valence-corrected chi connectivity index (χ1v) is 6.56. The van der Waals surface area contributed by atoms with Crippen LogP contribution < -0.4 is 16.1 Å². The van der Waals surface area contributed by atoms with Gasteiger partial charge in [0, 0.05) is 31.3 Å². The maximum absolute atomic E-state index is 12.3. The summed E-state index contributed by atoms with van der Waals surface area (Å²) >= 11 is 0. The van der Waals surface area contributed by atoms with Crippen LogP contribution in [0.15, 0.2) is 55.1 Å². The first-order valence-electron chi connectivity index (χ1n) is 6.56. The van der Waals surface area contributed by atoms with E-state index in [4.69, 9.17) is 0 Å². The van der Waals surface area contributed by atoms with Crippen molar-refractivity contribution in [2.45, 2.75) is 12.7 Å². The predicted octanol–water partition coefficient (Wildman–Crippen LogP) is 0.890. The molecule has 3 N–H and O–H groups in total. The summed E-state index contributed by atoms with van der Waals surface area (Å²) in [5.74, 6) is 0. The molecule has 1 atom stereocenters. The highest BCUT2D eigenvalue weighted by molar-refractivity contribution is 5.74. The van der Waals surface area contributed by atoms with E-state index in [1.807, 2.05) is 53.8 Å². The van der Waals surface area contributed by atoms with Crippen molar-refractivity contribution in [1.29, 1.82) is 0 Å². The van der Waals surface area contributed by atoms with Crippen molar-refractivity contribution in [3.05, 3.63) is 60.7 Å². The van der Waals surface area contributed by atoms with Gasteiger partial charge in [-0.05, 0) is 5.56 Å². The fourth-order valence-corrected chi connectivity index (χ4v) is 2.23. The number of urea groups is 1. The van der Waals surface area contributed by atoms with Crippen LogP contribution in [0.2, 0.25) is 0 Å². The summed E-state index contributed by atoms with van der Waals surface area (Å²) in [7, 11) is 0. The highest BCUT2D eigenvalue weighted by atomic mass is 16.2. The summed E-state index contributed by atoms with van der Waals surface area (Å²) in [6.07, 6.45) is 7.35. The van der Waals surface area contributed by atoms with Gasteiger partial charge in [-0.25, -0.2) is 9.80 Å². The smallest absolute Gasteiger partial charge is 0.338 e. The molecule has 0 fully saturated rings. The van der Waals surface area contributed by atoms with Crippen LogP contribution >= 0.6 is 0 Å². The van der Waals surface area contributed by atoms with Gasteiger partial charge in [0.25, 0.3) is 0 Å². The zero-order valence-electron chi connectivity index (χ0n) is 11.0. The summed E-state index contributed by atoms with van der Waals surface area (Å²) in [4.78, 5) is 14.2. The minimum atomic E-state index is -0.148. The number of hydrogen-bond donors (Lipinski definition) is 3. The topological polar surface area (TPSA) is 59.6 Å². The zero-order valence-corrected chi connectivity index (χ0v) is 11.0. The molecule has 0 bridgehead atoms. The maximum Gasteiger partial charge on any atom is 0.338 e. The molecule has 2 aliphatic heterocycles. The second-order valence-electron chi connectivity index (χ2n) is 4.61. The molecule has 6 heteroatoms. The van der Waals surface area contributed by atoms with E-state index in [1.54, 1.807) is 11.2 Å². The molecule has 0 saturated heterocycles. The normalized spacial score (nSPS) is 19.9. The summed E-state index contributed by atoms with van der Waals surface area (Å²) in [5, 5.41) is 7.62. The Morgan fingerprint density at radius 3 is 2.90 bits per heavy atom. The summed E-state index contributed by atoms with van der Waals surface area (Å²) in [6, 6.07) is 9.70. The molecule has 6 nitrogen and oxygen atoms in total. The van der Waals surface area contributed by atoms with Crippen molar-refractivity contribution in [1.82, 2.24) is 26.0 Å². The number of benzene rings is 1. The number of amides is 2. The number of hydrazine groups is 1. The fourth-order valence-electron chi connectivity index (χ4n) is 2.23. The monoisotopic (exact) mass is 271 g/mol. The van der Waals surface area contributed by atoms with E-state index < -0.39 is 0 Å². The van der Waals surface area contributed by atoms with Gasteiger partial charge in [-0.2, -0.15) is 0 Å². The molecule has 0 radical (unpaired) electrons. The second kappa shape index (κ2) is 5.56. The van der Waals surface area contributed by atoms with Gasteiger partial charge in [0.1, 0.15) is 6.17 Å². The second-order valence-corrected chi connectivity index (χ2v) is 4.61. The molecule has 20 heavy (non-hydrogen) atoms. The number of nitrogens with zero attached hydrogens (tertiary/aromatic N) is 2. The Kier molecular flexibility index (Phi) is 3.45. The van der Waals surface area contributed by atoms with Gasteiger partial charge in [-0.15, -0.1) is 0 Å². The minimum absolute atomic E-state index is 0.0687. The fraction of sp³-hybridized carbons (Fsp3) is 0.214. The summed E-state index contributed by atoms with van der Waals surface area (Å²) in [5.41, 5.74) is 4.06. The molecule has 2 amide bonds. The molecule has 0 aliphatic carbocycles. The van der Waals surface area contributed by atoms with Gasteiger partial charge < -0.3 is 15.5 Å². The van der Waals surface area contributed by atoms with Gasteiger partial charge in [0.05, 0.1) is 6.54 Å². The average molecular weight is 271 g/mol. The van der Waals surface area contributed by atoms with E-state index in [0.717, 1.165) is 5.56 Å². The summed E-state index contributed by atoms with van der Waals surface area (Å²) in [6.45, 7) is 1.18. The van der Waals surface area contributed by atoms with Crippen LogP contribution in [0.5, 0.6) is 0 Å². The van der Waals surface area contributed by atoms with Crippen LogP contribution in [-0.4, -0.2) is 28.7 Å². The lowest BCUT2D eigenvalue weighted by molar-refractivity contribution is 0.0796. The third-order valence-electron chi connectivity index (χ3n) is 3.27. The number of rotatable bonds is 2. The Bertz CT molecular complexity index is 528. The first-order chi connectivity index (χ1) is 9.84. The quantitative estimate of drug-likeness (QED) is 0.747. The molecule has 0 aromatic heterocycles. The number of carbonyl (C=O) groups is 1. The van der Waals surface area contributed by atoms with E-state index in [0.29, 0.717) is 13.1 Å². The first kappa shape index (κ1) is 12.4. The zero-order chi connectivity index (χ0) is 13.8. The molecule has 1 aromatic rings. The van der Waals surface area contributed by atoms with Crippen molar-refractivity contribution in [2.75, 3.05) is 6.54 Å². The molecule has 2 aliphatic rings. The van der Waals surface area contributed by atoms with E-state index >= 15 is 0 Å². The van der Waals surface area contributed by atoms with Crippen molar-refractivity contribution in [3.8, 4) is 0 Å². The molecule has 3 rings (SSSR count). The van der Waals surface area contributed by atoms with Crippen molar-refractivity contribution in [2.24, 2.45) is 0 Å². The van der Waals surface area contributed by atoms with Crippen LogP contribution in [0.3, 0.4) is 0 Å². The van der Waals surface area contributed by atoms with Crippen molar-refractivity contribution >= 4 is 6.03 Å². The average Bonchev–Trinajstić information content (AvgIpc) is 2.53. The Hall–Kier alpha value is -2.63. The van der Waals surface area contributed by atoms with Crippen molar-refractivity contribution < 1.29 is 4.79 Å². The Morgan fingerprint density at radius 1 is 1.25 bits per heavy atom. The number of carbonyl (C=O) groups excluding carboxylic acids is 1. The Labute approximate surface area is 117 Å². The third kappa shape index (κ3) is 2.54. The largest absolute Gasteiger partial charge is 0.386 e. The van der Waals surface area contributed by atoms with Gasteiger partial charge in [-0.1, -0.05) is 30.3 Å². The molecule has 0 saturated carbocycles. The van der Waals surface area contributed by atoms with Gasteiger partial charge in [0.2, 0.25) is 0 Å².